The van der Waals surface area contributed by atoms with E-state index in [1.54, 1.807) is 19.1 Å². The largest absolute Gasteiger partial charge is 0.441 e. The highest BCUT2D eigenvalue weighted by Crippen LogP contribution is 2.52. The molecule has 0 unspecified atom stereocenters. The summed E-state index contributed by atoms with van der Waals surface area (Å²) in [5.41, 5.74) is 3.71. The van der Waals surface area contributed by atoms with Crippen LogP contribution < -0.4 is 10.2 Å². The number of carbonyl (C=O) groups is 1. The Morgan fingerprint density at radius 1 is 1.14 bits per heavy atom. The van der Waals surface area contributed by atoms with Crippen LogP contribution in [0.3, 0.4) is 0 Å². The number of nitrogens with one attached hydrogen (secondary N) is 1. The Hall–Kier alpha value is -3.37. The van der Waals surface area contributed by atoms with Gasteiger partial charge in [-0.1, -0.05) is 47.6 Å². The number of nitrogens with zero attached hydrogens (tertiary/aromatic N) is 2. The van der Waals surface area contributed by atoms with Crippen molar-refractivity contribution in [1.29, 1.82) is 0 Å². The molecule has 1 saturated carbocycles. The molecule has 2 fully saturated rings. The van der Waals surface area contributed by atoms with Crippen LogP contribution in [0.4, 0.5) is 16.2 Å². The van der Waals surface area contributed by atoms with Crippen molar-refractivity contribution in [2.75, 3.05) is 23.3 Å². The second-order valence-electron chi connectivity index (χ2n) is 9.87. The molecule has 0 bridgehead atoms. The van der Waals surface area contributed by atoms with Crippen molar-refractivity contribution in [3.05, 3.63) is 77.2 Å². The molecule has 3 aromatic rings. The van der Waals surface area contributed by atoms with Crippen molar-refractivity contribution < 1.29 is 27.0 Å². The molecule has 2 aromatic carbocycles. The van der Waals surface area contributed by atoms with E-state index in [1.165, 1.54) is 0 Å². The normalized spacial score (nSPS) is 18.3. The van der Waals surface area contributed by atoms with E-state index in [-0.39, 0.29) is 5.92 Å². The second-order valence-corrected chi connectivity index (χ2v) is 11.6. The monoisotopic (exact) mass is 525 g/mol. The maximum absolute atomic E-state index is 12.6. The molecule has 1 atom stereocenters. The van der Waals surface area contributed by atoms with E-state index in [9.17, 15) is 17.8 Å². The molecule has 1 aliphatic heterocycles. The fourth-order valence-corrected chi connectivity index (χ4v) is 6.14. The van der Waals surface area contributed by atoms with Crippen molar-refractivity contribution in [3.8, 4) is 0 Å². The van der Waals surface area contributed by atoms with Crippen LogP contribution in [0.1, 0.15) is 67.2 Å². The van der Waals surface area contributed by atoms with Crippen molar-refractivity contribution in [2.45, 2.75) is 56.3 Å². The number of aromatic nitrogens is 1. The number of ether oxygens (including phenoxy) is 1. The highest BCUT2D eigenvalue weighted by molar-refractivity contribution is 7.87. The van der Waals surface area contributed by atoms with Gasteiger partial charge in [0.2, 0.25) is 0 Å². The molecule has 1 amide bonds. The number of hydrogen-bond acceptors (Lipinski definition) is 7. The summed E-state index contributed by atoms with van der Waals surface area (Å²) < 4.78 is 43.2. The number of anilines is 2. The molecule has 2 N–H and O–H groups in total. The quantitative estimate of drug-likeness (QED) is 0.385. The Labute approximate surface area is 216 Å². The van der Waals surface area contributed by atoms with Crippen molar-refractivity contribution in [2.24, 2.45) is 0 Å². The second kappa shape index (κ2) is 9.83. The van der Waals surface area contributed by atoms with Crippen LogP contribution in [0.2, 0.25) is 0 Å². The van der Waals surface area contributed by atoms with Gasteiger partial charge in [0.25, 0.3) is 10.1 Å². The van der Waals surface area contributed by atoms with E-state index >= 15 is 0 Å². The Morgan fingerprint density at radius 3 is 2.38 bits per heavy atom. The molecule has 1 saturated heterocycles. The lowest BCUT2D eigenvalue weighted by atomic mass is 9.92. The van der Waals surface area contributed by atoms with Gasteiger partial charge < -0.3 is 14.2 Å². The van der Waals surface area contributed by atoms with E-state index in [4.69, 9.17) is 9.26 Å². The van der Waals surface area contributed by atoms with Gasteiger partial charge in [-0.25, -0.2) is 4.79 Å². The maximum atomic E-state index is 12.6. The molecule has 37 heavy (non-hydrogen) atoms. The van der Waals surface area contributed by atoms with Crippen molar-refractivity contribution in [3.63, 3.8) is 0 Å². The molecule has 1 aliphatic carbocycles. The Balaban J connectivity index is 1.20. The predicted octanol–water partition coefficient (Wildman–Crippen LogP) is 5.55. The Kier molecular flexibility index (Phi) is 6.72. The summed E-state index contributed by atoms with van der Waals surface area (Å²) in [6.45, 7) is 5.15. The highest BCUT2D eigenvalue weighted by Gasteiger charge is 2.55. The first-order valence-electron chi connectivity index (χ1n) is 12.5. The summed E-state index contributed by atoms with van der Waals surface area (Å²) in [7, 11) is -4.12. The first-order valence-corrected chi connectivity index (χ1v) is 13.9. The van der Waals surface area contributed by atoms with Gasteiger partial charge in [-0.05, 0) is 62.8 Å². The van der Waals surface area contributed by atoms with Crippen LogP contribution in [0, 0.1) is 6.92 Å². The maximum Gasteiger partial charge on any atom is 0.412 e. The summed E-state index contributed by atoms with van der Waals surface area (Å²) in [6.07, 6.45) is 1.54. The van der Waals surface area contributed by atoms with Crippen LogP contribution in [0.15, 0.2) is 59.1 Å². The van der Waals surface area contributed by atoms with Gasteiger partial charge >= 0.3 is 6.09 Å². The zero-order valence-electron chi connectivity index (χ0n) is 20.9. The molecule has 2 heterocycles. The summed E-state index contributed by atoms with van der Waals surface area (Å²) in [5.74, 6) is 0.744. The molecule has 1 aromatic heterocycles. The van der Waals surface area contributed by atoms with Crippen molar-refractivity contribution >= 4 is 27.6 Å². The molecule has 10 heteroatoms. The van der Waals surface area contributed by atoms with Gasteiger partial charge in [0.1, 0.15) is 22.2 Å². The molecule has 9 nitrogen and oxygen atoms in total. The van der Waals surface area contributed by atoms with Crippen LogP contribution in [0.5, 0.6) is 0 Å². The summed E-state index contributed by atoms with van der Waals surface area (Å²) >= 11 is 0. The number of hydrogen-bond donors (Lipinski definition) is 2. The number of aryl methyl sites for hydroxylation is 1. The Bertz CT molecular complexity index is 1360. The first-order chi connectivity index (χ1) is 17.7. The minimum atomic E-state index is -4.12. The Morgan fingerprint density at radius 2 is 1.78 bits per heavy atom. The fourth-order valence-electron chi connectivity index (χ4n) is 5.09. The summed E-state index contributed by atoms with van der Waals surface area (Å²) in [5, 5.41) is 6.93. The number of benzene rings is 2. The van der Waals surface area contributed by atoms with Crippen LogP contribution >= 0.6 is 0 Å². The average molecular weight is 526 g/mol. The molecule has 5 rings (SSSR count). The van der Waals surface area contributed by atoms with Gasteiger partial charge in [0.05, 0.1) is 0 Å². The molecular formula is C27H31N3O6S. The lowest BCUT2D eigenvalue weighted by molar-refractivity contribution is 0.121. The number of amides is 1. The topological polar surface area (TPSA) is 122 Å². The molecular weight excluding hydrogens is 494 g/mol. The van der Waals surface area contributed by atoms with Crippen molar-refractivity contribution in [1.82, 2.24) is 5.16 Å². The van der Waals surface area contributed by atoms with Gasteiger partial charge in [0, 0.05) is 24.7 Å². The van der Waals surface area contributed by atoms with Crippen LogP contribution in [-0.2, 0) is 19.6 Å². The van der Waals surface area contributed by atoms with E-state index < -0.39 is 27.1 Å². The summed E-state index contributed by atoms with van der Waals surface area (Å²) in [6, 6.07) is 17.0. The molecule has 0 radical (unpaired) electrons. The van der Waals surface area contributed by atoms with Gasteiger partial charge in [-0.15, -0.1) is 0 Å². The highest BCUT2D eigenvalue weighted by atomic mass is 32.2. The van der Waals surface area contributed by atoms with Crippen LogP contribution in [0.25, 0.3) is 0 Å². The molecule has 2 aliphatic rings. The third-order valence-corrected chi connectivity index (χ3v) is 9.12. The van der Waals surface area contributed by atoms with E-state index in [2.05, 4.69) is 15.4 Å². The van der Waals surface area contributed by atoms with E-state index in [1.807, 2.05) is 49.4 Å². The fraction of sp³-hybridized carbons (Fsp3) is 0.407. The minimum absolute atomic E-state index is 0.0906. The number of carbonyl (C=O) groups excluding carboxylic acids is 1. The van der Waals surface area contributed by atoms with Gasteiger partial charge in [-0.3, -0.25) is 9.87 Å². The smallest absolute Gasteiger partial charge is 0.412 e. The lowest BCUT2D eigenvalue weighted by Gasteiger charge is -2.33. The lowest BCUT2D eigenvalue weighted by Crippen LogP contribution is -2.33. The third kappa shape index (κ3) is 5.08. The molecule has 196 valence electrons. The predicted molar refractivity (Wildman–Crippen MR) is 139 cm³/mol. The van der Waals surface area contributed by atoms with E-state index in [0.29, 0.717) is 35.5 Å². The number of piperidine rings is 1. The minimum Gasteiger partial charge on any atom is -0.441 e. The summed E-state index contributed by atoms with van der Waals surface area (Å²) in [4.78, 5) is 14.9. The number of rotatable bonds is 7. The zero-order chi connectivity index (χ0) is 26.2. The average Bonchev–Trinajstić information content (AvgIpc) is 3.65. The third-order valence-electron chi connectivity index (χ3n) is 7.49. The SMILES string of the molecule is Cc1noc(C2CCN(c3ccc(C4(S(=O)(=O)O)CC4)cc3)CC2)c1NC(=O)O[C@H](C)c1ccccc1. The van der Waals surface area contributed by atoms with E-state index in [0.717, 1.165) is 37.2 Å². The first kappa shape index (κ1) is 25.3. The van der Waals surface area contributed by atoms with Gasteiger partial charge in [-0.2, -0.15) is 8.42 Å². The zero-order valence-corrected chi connectivity index (χ0v) is 21.7. The molecule has 0 spiro atoms. The van der Waals surface area contributed by atoms with Gasteiger partial charge in [0.15, 0.2) is 5.76 Å². The van der Waals surface area contributed by atoms with Crippen LogP contribution in [-0.4, -0.2) is 37.3 Å². The standard InChI is InChI=1S/C27H31N3O6S/c1-18-24(28-26(31)35-19(2)20-6-4-3-5-7-20)25(36-29-18)21-12-16-30(17-13-21)23-10-8-22(9-11-23)27(14-15-27)37(32,33)34/h3-11,19,21H,12-17H2,1-2H3,(H,28,31)(H,32,33,34)/t19-/m1/s1.